The summed E-state index contributed by atoms with van der Waals surface area (Å²) in [6.45, 7) is 0.543. The Kier molecular flexibility index (Phi) is 5.99. The SMILES string of the molecule is O=CN[C@H]1[C@@H](OCc2ccccc2)O[C@@H]2COC(c3ccccc3)O[C@H]2[C@@H]1O. The van der Waals surface area contributed by atoms with Crippen LogP contribution in [0.2, 0.25) is 0 Å². The van der Waals surface area contributed by atoms with Gasteiger partial charge in [0.1, 0.15) is 24.4 Å². The molecule has 0 spiro atoms. The molecule has 148 valence electrons. The van der Waals surface area contributed by atoms with Gasteiger partial charge in [0.15, 0.2) is 12.6 Å². The van der Waals surface area contributed by atoms with Gasteiger partial charge in [0.2, 0.25) is 6.41 Å². The van der Waals surface area contributed by atoms with Crippen molar-refractivity contribution in [1.29, 1.82) is 0 Å². The van der Waals surface area contributed by atoms with Crippen LogP contribution in [0.5, 0.6) is 0 Å². The minimum atomic E-state index is -1.00. The van der Waals surface area contributed by atoms with Gasteiger partial charge in [-0.3, -0.25) is 4.79 Å². The number of ether oxygens (including phenoxy) is 4. The number of nitrogens with one attached hydrogen (secondary N) is 1. The lowest BCUT2D eigenvalue weighted by Gasteiger charge is -2.47. The van der Waals surface area contributed by atoms with Crippen molar-refractivity contribution < 1.29 is 28.8 Å². The number of fused-ring (bicyclic) bond motifs is 1. The molecule has 0 aromatic heterocycles. The molecule has 7 heteroatoms. The summed E-state index contributed by atoms with van der Waals surface area (Å²) < 4.78 is 23.6. The topological polar surface area (TPSA) is 86.3 Å². The number of carbonyl (C=O) groups is 1. The molecule has 2 aromatic carbocycles. The number of hydrogen-bond donors (Lipinski definition) is 2. The first-order valence-corrected chi connectivity index (χ1v) is 9.27. The number of rotatable bonds is 6. The van der Waals surface area contributed by atoms with Crippen molar-refractivity contribution in [2.45, 2.75) is 43.5 Å². The predicted molar refractivity (Wildman–Crippen MR) is 98.9 cm³/mol. The molecule has 2 aromatic rings. The lowest BCUT2D eigenvalue weighted by molar-refractivity contribution is -0.345. The molecule has 0 aliphatic carbocycles. The summed E-state index contributed by atoms with van der Waals surface area (Å²) in [6, 6.07) is 18.4. The van der Waals surface area contributed by atoms with E-state index >= 15 is 0 Å². The van der Waals surface area contributed by atoms with Gasteiger partial charge in [0.25, 0.3) is 0 Å². The number of aliphatic hydroxyl groups excluding tert-OH is 1. The maximum absolute atomic E-state index is 11.1. The first-order valence-electron chi connectivity index (χ1n) is 9.27. The summed E-state index contributed by atoms with van der Waals surface area (Å²) in [6.07, 6.45) is -3.03. The molecule has 0 radical (unpaired) electrons. The zero-order valence-electron chi connectivity index (χ0n) is 15.2. The molecule has 2 N–H and O–H groups in total. The van der Waals surface area contributed by atoms with Crippen LogP contribution in [0.1, 0.15) is 17.4 Å². The molecule has 2 aliphatic rings. The normalized spacial score (nSPS) is 32.3. The molecule has 2 saturated heterocycles. The number of aliphatic hydroxyl groups is 1. The first-order chi connectivity index (χ1) is 13.8. The van der Waals surface area contributed by atoms with E-state index in [9.17, 15) is 9.90 Å². The molecule has 7 nitrogen and oxygen atoms in total. The lowest BCUT2D eigenvalue weighted by Crippen LogP contribution is -2.65. The van der Waals surface area contributed by atoms with E-state index in [4.69, 9.17) is 18.9 Å². The number of amides is 1. The molecule has 0 bridgehead atoms. The van der Waals surface area contributed by atoms with Crippen molar-refractivity contribution in [2.75, 3.05) is 6.61 Å². The van der Waals surface area contributed by atoms with E-state index in [-0.39, 0.29) is 6.61 Å². The third kappa shape index (κ3) is 4.09. The Hall–Kier alpha value is -2.29. The highest BCUT2D eigenvalue weighted by molar-refractivity contribution is 5.47. The van der Waals surface area contributed by atoms with Crippen LogP contribution in [-0.2, 0) is 30.3 Å². The minimum Gasteiger partial charge on any atom is -0.388 e. The highest BCUT2D eigenvalue weighted by atomic mass is 16.7. The van der Waals surface area contributed by atoms with Gasteiger partial charge in [0.05, 0.1) is 13.2 Å². The van der Waals surface area contributed by atoms with Gasteiger partial charge in [-0.05, 0) is 5.56 Å². The molecule has 1 unspecified atom stereocenters. The van der Waals surface area contributed by atoms with E-state index in [1.807, 2.05) is 60.7 Å². The molecule has 28 heavy (non-hydrogen) atoms. The lowest BCUT2D eigenvalue weighted by atomic mass is 9.96. The van der Waals surface area contributed by atoms with Crippen LogP contribution in [0.25, 0.3) is 0 Å². The Balaban J connectivity index is 1.45. The third-order valence-corrected chi connectivity index (χ3v) is 4.96. The van der Waals surface area contributed by atoms with E-state index in [2.05, 4.69) is 5.32 Å². The van der Waals surface area contributed by atoms with Gasteiger partial charge >= 0.3 is 0 Å². The monoisotopic (exact) mass is 385 g/mol. The summed E-state index contributed by atoms with van der Waals surface area (Å²) in [4.78, 5) is 11.1. The van der Waals surface area contributed by atoms with Crippen molar-refractivity contribution >= 4 is 6.41 Å². The second-order valence-electron chi connectivity index (χ2n) is 6.82. The Morgan fingerprint density at radius 2 is 1.79 bits per heavy atom. The van der Waals surface area contributed by atoms with Crippen molar-refractivity contribution in [3.63, 3.8) is 0 Å². The van der Waals surface area contributed by atoms with E-state index < -0.39 is 36.9 Å². The van der Waals surface area contributed by atoms with Crippen LogP contribution >= 0.6 is 0 Å². The fourth-order valence-corrected chi connectivity index (χ4v) is 3.52. The maximum atomic E-state index is 11.1. The molecule has 2 heterocycles. The number of hydrogen-bond acceptors (Lipinski definition) is 6. The highest BCUT2D eigenvalue weighted by Gasteiger charge is 2.49. The van der Waals surface area contributed by atoms with Crippen molar-refractivity contribution in [3.8, 4) is 0 Å². The smallest absolute Gasteiger partial charge is 0.207 e. The van der Waals surface area contributed by atoms with Crippen LogP contribution in [0.4, 0.5) is 0 Å². The molecule has 2 aliphatic heterocycles. The summed E-state index contributed by atoms with van der Waals surface area (Å²) in [5, 5.41) is 13.5. The van der Waals surface area contributed by atoms with Crippen molar-refractivity contribution in [2.24, 2.45) is 0 Å². The molecule has 6 atom stereocenters. The van der Waals surface area contributed by atoms with Crippen molar-refractivity contribution in [1.82, 2.24) is 5.32 Å². The van der Waals surface area contributed by atoms with E-state index in [0.717, 1.165) is 11.1 Å². The Morgan fingerprint density at radius 3 is 2.50 bits per heavy atom. The van der Waals surface area contributed by atoms with Gasteiger partial charge in [-0.15, -0.1) is 0 Å². The fraction of sp³-hybridized carbons (Fsp3) is 0.381. The van der Waals surface area contributed by atoms with Gasteiger partial charge in [-0.25, -0.2) is 0 Å². The zero-order chi connectivity index (χ0) is 19.3. The predicted octanol–water partition coefficient (Wildman–Crippen LogP) is 1.52. The standard InChI is InChI=1S/C21H23NO6/c23-13-22-17-18(24)19-16(12-26-20(28-19)15-9-5-2-6-10-15)27-21(17)25-11-14-7-3-1-4-8-14/h1-10,13,16-21,24H,11-12H2,(H,22,23)/t16-,17-,18-,19-,20?,21+/m1/s1. The first kappa shape index (κ1) is 19.0. The largest absolute Gasteiger partial charge is 0.388 e. The average Bonchev–Trinajstić information content (AvgIpc) is 2.76. The van der Waals surface area contributed by atoms with E-state index in [1.165, 1.54) is 0 Å². The molecule has 0 saturated carbocycles. The van der Waals surface area contributed by atoms with Crippen LogP contribution in [0.15, 0.2) is 60.7 Å². The minimum absolute atomic E-state index is 0.250. The Morgan fingerprint density at radius 1 is 1.07 bits per heavy atom. The van der Waals surface area contributed by atoms with E-state index in [1.54, 1.807) is 0 Å². The molecule has 4 rings (SSSR count). The zero-order valence-corrected chi connectivity index (χ0v) is 15.2. The van der Waals surface area contributed by atoms with Gasteiger partial charge in [-0.1, -0.05) is 60.7 Å². The van der Waals surface area contributed by atoms with Gasteiger partial charge < -0.3 is 29.4 Å². The highest BCUT2D eigenvalue weighted by Crippen LogP contribution is 2.34. The Labute approximate surface area is 163 Å². The second-order valence-corrected chi connectivity index (χ2v) is 6.82. The summed E-state index contributed by atoms with van der Waals surface area (Å²) in [5.41, 5.74) is 1.82. The summed E-state index contributed by atoms with van der Waals surface area (Å²) in [7, 11) is 0. The fourth-order valence-electron chi connectivity index (χ4n) is 3.52. The van der Waals surface area contributed by atoms with Gasteiger partial charge in [-0.2, -0.15) is 0 Å². The molecular formula is C21H23NO6. The average molecular weight is 385 g/mol. The van der Waals surface area contributed by atoms with Crippen LogP contribution in [0.3, 0.4) is 0 Å². The van der Waals surface area contributed by atoms with Gasteiger partial charge in [0, 0.05) is 5.56 Å². The van der Waals surface area contributed by atoms with Crippen LogP contribution in [-0.4, -0.2) is 48.8 Å². The quantitative estimate of drug-likeness (QED) is 0.734. The third-order valence-electron chi connectivity index (χ3n) is 4.96. The second kappa shape index (κ2) is 8.81. The van der Waals surface area contributed by atoms with E-state index in [0.29, 0.717) is 13.0 Å². The molecule has 2 fully saturated rings. The number of benzene rings is 2. The van der Waals surface area contributed by atoms with Crippen LogP contribution in [0, 0.1) is 0 Å². The molecular weight excluding hydrogens is 362 g/mol. The maximum Gasteiger partial charge on any atom is 0.207 e. The van der Waals surface area contributed by atoms with Crippen molar-refractivity contribution in [3.05, 3.63) is 71.8 Å². The summed E-state index contributed by atoms with van der Waals surface area (Å²) >= 11 is 0. The summed E-state index contributed by atoms with van der Waals surface area (Å²) in [5.74, 6) is 0. The Bertz CT molecular complexity index is 758. The van der Waals surface area contributed by atoms with Crippen LogP contribution < -0.4 is 5.32 Å². The molecule has 1 amide bonds. The number of carbonyl (C=O) groups excluding carboxylic acids is 1.